The third-order valence-corrected chi connectivity index (χ3v) is 3.62. The summed E-state index contributed by atoms with van der Waals surface area (Å²) in [7, 11) is -0.285. The largest absolute Gasteiger partial charge is 0.489 e. The SMILES string of the molecule is COC(=O)c1c2ccccc2c(B(O)O)c2ccccc12. The molecule has 5 heteroatoms. The van der Waals surface area contributed by atoms with E-state index in [1.807, 2.05) is 0 Å². The molecule has 0 atom stereocenters. The van der Waals surface area contributed by atoms with Gasteiger partial charge in [0.15, 0.2) is 0 Å². The van der Waals surface area contributed by atoms with E-state index in [-0.39, 0.29) is 0 Å². The van der Waals surface area contributed by atoms with Crippen molar-refractivity contribution in [3.8, 4) is 0 Å². The van der Waals surface area contributed by atoms with E-state index >= 15 is 0 Å². The molecule has 0 bridgehead atoms. The molecule has 0 amide bonds. The van der Waals surface area contributed by atoms with Crippen molar-refractivity contribution in [2.75, 3.05) is 7.11 Å². The number of hydrogen-bond acceptors (Lipinski definition) is 4. The predicted molar refractivity (Wildman–Crippen MR) is 82.6 cm³/mol. The number of rotatable bonds is 2. The quantitative estimate of drug-likeness (QED) is 0.423. The summed E-state index contributed by atoms with van der Waals surface area (Å²) in [5.74, 6) is -0.443. The normalized spacial score (nSPS) is 10.8. The zero-order valence-electron chi connectivity index (χ0n) is 11.4. The highest BCUT2D eigenvalue weighted by Gasteiger charge is 2.24. The Labute approximate surface area is 121 Å². The van der Waals surface area contributed by atoms with Gasteiger partial charge in [-0.2, -0.15) is 0 Å². The van der Waals surface area contributed by atoms with Crippen LogP contribution in [0.5, 0.6) is 0 Å². The maximum Gasteiger partial charge on any atom is 0.489 e. The van der Waals surface area contributed by atoms with Crippen molar-refractivity contribution in [1.29, 1.82) is 0 Å². The lowest BCUT2D eigenvalue weighted by molar-refractivity contribution is 0.0605. The first kappa shape index (κ1) is 13.6. The molecule has 0 aliphatic heterocycles. The van der Waals surface area contributed by atoms with Gasteiger partial charge >= 0.3 is 13.1 Å². The van der Waals surface area contributed by atoms with Crippen molar-refractivity contribution < 1.29 is 19.6 Å². The summed E-state index contributed by atoms with van der Waals surface area (Å²) in [6.45, 7) is 0. The highest BCUT2D eigenvalue weighted by atomic mass is 16.5. The topological polar surface area (TPSA) is 66.8 Å². The summed E-state index contributed by atoms with van der Waals surface area (Å²) in [6, 6.07) is 14.3. The number of carbonyl (C=O) groups excluding carboxylic acids is 1. The molecular formula is C16H13BO4. The van der Waals surface area contributed by atoms with Crippen molar-refractivity contribution in [3.63, 3.8) is 0 Å². The van der Waals surface area contributed by atoms with Crippen LogP contribution in [0.15, 0.2) is 48.5 Å². The van der Waals surface area contributed by atoms with Crippen molar-refractivity contribution in [1.82, 2.24) is 0 Å². The van der Waals surface area contributed by atoms with Gasteiger partial charge < -0.3 is 14.8 Å². The Morgan fingerprint density at radius 1 is 0.905 bits per heavy atom. The first-order valence-corrected chi connectivity index (χ1v) is 6.53. The van der Waals surface area contributed by atoms with Gasteiger partial charge in [-0.05, 0) is 27.0 Å². The van der Waals surface area contributed by atoms with Crippen LogP contribution in [0.2, 0.25) is 0 Å². The van der Waals surface area contributed by atoms with E-state index in [0.29, 0.717) is 32.6 Å². The Bertz CT molecular complexity index is 785. The molecule has 0 fully saturated rings. The first-order chi connectivity index (χ1) is 10.1. The molecule has 0 aromatic heterocycles. The summed E-state index contributed by atoms with van der Waals surface area (Å²) in [5.41, 5.74) is 0.835. The zero-order valence-corrected chi connectivity index (χ0v) is 11.4. The van der Waals surface area contributed by atoms with Crippen LogP contribution in [-0.4, -0.2) is 30.2 Å². The number of esters is 1. The lowest BCUT2D eigenvalue weighted by Gasteiger charge is -2.15. The molecule has 0 spiro atoms. The standard InChI is InChI=1S/C16H13BO4/c1-21-16(18)14-10-6-2-4-8-12(10)15(17(19)20)13-9-5-3-7-11(13)14/h2-9,19-20H,1H3. The van der Waals surface area contributed by atoms with Gasteiger partial charge in [0.25, 0.3) is 0 Å². The molecular weight excluding hydrogens is 267 g/mol. The van der Waals surface area contributed by atoms with E-state index in [1.165, 1.54) is 7.11 Å². The lowest BCUT2D eigenvalue weighted by atomic mass is 9.73. The molecule has 0 radical (unpaired) electrons. The Hall–Kier alpha value is -2.37. The number of hydrogen-bond donors (Lipinski definition) is 2. The lowest BCUT2D eigenvalue weighted by Crippen LogP contribution is -2.32. The minimum Gasteiger partial charge on any atom is -0.465 e. The minimum atomic E-state index is -1.62. The summed E-state index contributed by atoms with van der Waals surface area (Å²) in [4.78, 5) is 12.2. The Balaban J connectivity index is 2.60. The van der Waals surface area contributed by atoms with Crippen molar-refractivity contribution in [2.24, 2.45) is 0 Å². The fourth-order valence-electron chi connectivity index (χ4n) is 2.76. The van der Waals surface area contributed by atoms with E-state index in [4.69, 9.17) is 4.74 Å². The second kappa shape index (κ2) is 5.20. The van der Waals surface area contributed by atoms with E-state index in [9.17, 15) is 14.8 Å². The van der Waals surface area contributed by atoms with Gasteiger partial charge in [0.2, 0.25) is 0 Å². The maximum absolute atomic E-state index is 12.2. The highest BCUT2D eigenvalue weighted by Crippen LogP contribution is 2.27. The van der Waals surface area contributed by atoms with Crippen molar-refractivity contribution >= 4 is 40.1 Å². The summed E-state index contributed by atoms with van der Waals surface area (Å²) >= 11 is 0. The molecule has 0 saturated heterocycles. The summed E-state index contributed by atoms with van der Waals surface area (Å²) in [5, 5.41) is 22.0. The zero-order chi connectivity index (χ0) is 15.0. The summed E-state index contributed by atoms with van der Waals surface area (Å²) < 4.78 is 4.89. The molecule has 0 aliphatic carbocycles. The monoisotopic (exact) mass is 280 g/mol. The van der Waals surface area contributed by atoms with Crippen LogP contribution in [-0.2, 0) is 4.74 Å². The van der Waals surface area contributed by atoms with Crippen LogP contribution >= 0.6 is 0 Å². The Morgan fingerprint density at radius 3 is 1.71 bits per heavy atom. The molecule has 2 N–H and O–H groups in total. The van der Waals surface area contributed by atoms with Gasteiger partial charge in [-0.15, -0.1) is 0 Å². The number of methoxy groups -OCH3 is 1. The fourth-order valence-corrected chi connectivity index (χ4v) is 2.76. The molecule has 0 heterocycles. The molecule has 0 aliphatic rings. The van der Waals surface area contributed by atoms with Gasteiger partial charge in [-0.1, -0.05) is 48.5 Å². The van der Waals surface area contributed by atoms with Crippen LogP contribution in [0.25, 0.3) is 21.5 Å². The molecule has 4 nitrogen and oxygen atoms in total. The van der Waals surface area contributed by atoms with Gasteiger partial charge in [0, 0.05) is 0 Å². The number of carbonyl (C=O) groups is 1. The van der Waals surface area contributed by atoms with Gasteiger partial charge in [0.05, 0.1) is 12.7 Å². The molecule has 3 rings (SSSR count). The van der Waals surface area contributed by atoms with Crippen LogP contribution in [0.4, 0.5) is 0 Å². The molecule has 21 heavy (non-hydrogen) atoms. The number of benzene rings is 3. The Kier molecular flexibility index (Phi) is 3.37. The fraction of sp³-hybridized carbons (Fsp3) is 0.0625. The van der Waals surface area contributed by atoms with E-state index < -0.39 is 13.1 Å². The second-order valence-electron chi connectivity index (χ2n) is 4.75. The molecule has 0 unspecified atom stereocenters. The minimum absolute atomic E-state index is 0.397. The summed E-state index contributed by atoms with van der Waals surface area (Å²) in [6.07, 6.45) is 0. The average molecular weight is 280 g/mol. The first-order valence-electron chi connectivity index (χ1n) is 6.53. The van der Waals surface area contributed by atoms with Gasteiger partial charge in [0.1, 0.15) is 0 Å². The van der Waals surface area contributed by atoms with Crippen molar-refractivity contribution in [3.05, 3.63) is 54.1 Å². The molecule has 3 aromatic rings. The molecule has 0 saturated carbocycles. The molecule has 104 valence electrons. The van der Waals surface area contributed by atoms with Crippen LogP contribution < -0.4 is 5.46 Å². The second-order valence-corrected chi connectivity index (χ2v) is 4.75. The highest BCUT2D eigenvalue weighted by molar-refractivity contribution is 6.66. The van der Waals surface area contributed by atoms with E-state index in [0.717, 1.165) is 0 Å². The van der Waals surface area contributed by atoms with E-state index in [2.05, 4.69) is 0 Å². The smallest absolute Gasteiger partial charge is 0.465 e. The third-order valence-electron chi connectivity index (χ3n) is 3.62. The van der Waals surface area contributed by atoms with Crippen LogP contribution in [0, 0.1) is 0 Å². The van der Waals surface area contributed by atoms with Gasteiger partial charge in [-0.3, -0.25) is 0 Å². The maximum atomic E-state index is 12.2. The predicted octanol–water partition coefficient (Wildman–Crippen LogP) is 1.46. The number of fused-ring (bicyclic) bond motifs is 2. The third kappa shape index (κ3) is 2.07. The molecule has 3 aromatic carbocycles. The van der Waals surface area contributed by atoms with Crippen molar-refractivity contribution in [2.45, 2.75) is 0 Å². The number of ether oxygens (including phenoxy) is 1. The van der Waals surface area contributed by atoms with Crippen LogP contribution in [0.3, 0.4) is 0 Å². The van der Waals surface area contributed by atoms with E-state index in [1.54, 1.807) is 48.5 Å². The average Bonchev–Trinajstić information content (AvgIpc) is 2.51. The van der Waals surface area contributed by atoms with Gasteiger partial charge in [-0.25, -0.2) is 4.79 Å². The Morgan fingerprint density at radius 2 is 1.33 bits per heavy atom. The van der Waals surface area contributed by atoms with Crippen LogP contribution in [0.1, 0.15) is 10.4 Å².